The number of nitro benzene ring substituents is 1. The van der Waals surface area contributed by atoms with Crippen LogP contribution in [0.5, 0.6) is 0 Å². The van der Waals surface area contributed by atoms with Crippen LogP contribution in [0.3, 0.4) is 0 Å². The van der Waals surface area contributed by atoms with Crippen LogP contribution in [-0.4, -0.2) is 4.92 Å². The molecule has 1 aromatic rings. The minimum absolute atomic E-state index is 0.166. The Balaban J connectivity index is 2.90. The Labute approximate surface area is 91.4 Å². The maximum absolute atomic E-state index is 10.5. The highest BCUT2D eigenvalue weighted by molar-refractivity contribution is 9.10. The maximum atomic E-state index is 10.5. The van der Waals surface area contributed by atoms with Crippen LogP contribution in [0, 0.1) is 10.1 Å². The highest BCUT2D eigenvalue weighted by Gasteiger charge is 2.08. The Kier molecular flexibility index (Phi) is 4.07. The lowest BCUT2D eigenvalue weighted by atomic mass is 10.1. The monoisotopic (exact) mass is 257 g/mol. The highest BCUT2D eigenvalue weighted by atomic mass is 79.9. The summed E-state index contributed by atoms with van der Waals surface area (Å²) < 4.78 is 0.955. The number of hydrogen-bond donors (Lipinski definition) is 0. The summed E-state index contributed by atoms with van der Waals surface area (Å²) in [4.78, 5) is 10.2. The van der Waals surface area contributed by atoms with Crippen molar-refractivity contribution in [2.75, 3.05) is 0 Å². The van der Waals surface area contributed by atoms with Crippen LogP contribution < -0.4 is 0 Å². The fourth-order valence-electron chi connectivity index (χ4n) is 1.23. The van der Waals surface area contributed by atoms with Crippen molar-refractivity contribution in [2.45, 2.75) is 26.2 Å². The zero-order valence-corrected chi connectivity index (χ0v) is 9.58. The standard InChI is InChI=1S/C10H12BrNO2/c1-2-3-4-8-7-9(12(13)14)5-6-10(8)11/h5-7H,2-4H2,1H3. The molecule has 0 atom stereocenters. The normalized spacial score (nSPS) is 10.1. The van der Waals surface area contributed by atoms with E-state index in [4.69, 9.17) is 0 Å². The summed E-state index contributed by atoms with van der Waals surface area (Å²) in [5.74, 6) is 0. The first-order valence-electron chi connectivity index (χ1n) is 4.58. The van der Waals surface area contributed by atoms with E-state index in [0.717, 1.165) is 29.3 Å². The molecule has 0 heterocycles. The van der Waals surface area contributed by atoms with E-state index in [1.165, 1.54) is 6.07 Å². The molecule has 0 aliphatic carbocycles. The molecule has 0 N–H and O–H groups in total. The van der Waals surface area contributed by atoms with Gasteiger partial charge in [0.1, 0.15) is 0 Å². The molecular formula is C10H12BrNO2. The first-order chi connectivity index (χ1) is 6.65. The number of non-ortho nitro benzene ring substituents is 1. The molecule has 0 saturated carbocycles. The van der Waals surface area contributed by atoms with Crippen LogP contribution in [-0.2, 0) is 6.42 Å². The molecular weight excluding hydrogens is 246 g/mol. The van der Waals surface area contributed by atoms with E-state index in [1.807, 2.05) is 0 Å². The first kappa shape index (κ1) is 11.2. The van der Waals surface area contributed by atoms with Crippen LogP contribution >= 0.6 is 15.9 Å². The number of nitro groups is 1. The average Bonchev–Trinajstić information content (AvgIpc) is 2.16. The minimum atomic E-state index is -0.359. The molecule has 1 aromatic carbocycles. The highest BCUT2D eigenvalue weighted by Crippen LogP contribution is 2.23. The van der Waals surface area contributed by atoms with Crippen LogP contribution in [0.1, 0.15) is 25.3 Å². The summed E-state index contributed by atoms with van der Waals surface area (Å²) in [6.07, 6.45) is 3.04. The van der Waals surface area contributed by atoms with Gasteiger partial charge in [-0.05, 0) is 24.5 Å². The summed E-state index contributed by atoms with van der Waals surface area (Å²) in [7, 11) is 0. The van der Waals surface area contributed by atoms with Gasteiger partial charge in [0, 0.05) is 16.6 Å². The van der Waals surface area contributed by atoms with E-state index in [0.29, 0.717) is 0 Å². The number of halogens is 1. The Morgan fingerprint density at radius 1 is 1.50 bits per heavy atom. The number of benzene rings is 1. The third-order valence-electron chi connectivity index (χ3n) is 2.04. The topological polar surface area (TPSA) is 43.1 Å². The lowest BCUT2D eigenvalue weighted by Gasteiger charge is -2.02. The largest absolute Gasteiger partial charge is 0.269 e. The molecule has 0 amide bonds. The maximum Gasteiger partial charge on any atom is 0.269 e. The summed E-state index contributed by atoms with van der Waals surface area (Å²) >= 11 is 3.39. The summed E-state index contributed by atoms with van der Waals surface area (Å²) in [6.45, 7) is 2.10. The van der Waals surface area contributed by atoms with Gasteiger partial charge in [0.25, 0.3) is 5.69 Å². The van der Waals surface area contributed by atoms with E-state index in [-0.39, 0.29) is 10.6 Å². The van der Waals surface area contributed by atoms with Gasteiger partial charge < -0.3 is 0 Å². The summed E-state index contributed by atoms with van der Waals surface area (Å²) in [5.41, 5.74) is 1.18. The fourth-order valence-corrected chi connectivity index (χ4v) is 1.68. The zero-order chi connectivity index (χ0) is 10.6. The predicted octanol–water partition coefficient (Wildman–Crippen LogP) is 3.70. The molecule has 0 saturated heterocycles. The van der Waals surface area contributed by atoms with Crippen LogP contribution in [0.25, 0.3) is 0 Å². The van der Waals surface area contributed by atoms with Gasteiger partial charge in [-0.1, -0.05) is 29.3 Å². The number of nitrogens with zero attached hydrogens (tertiary/aromatic N) is 1. The second-order valence-electron chi connectivity index (χ2n) is 3.14. The van der Waals surface area contributed by atoms with Crippen molar-refractivity contribution in [3.05, 3.63) is 38.3 Å². The van der Waals surface area contributed by atoms with Crippen molar-refractivity contribution in [3.63, 3.8) is 0 Å². The third-order valence-corrected chi connectivity index (χ3v) is 2.81. The Hall–Kier alpha value is -0.900. The van der Waals surface area contributed by atoms with Crippen molar-refractivity contribution in [3.8, 4) is 0 Å². The molecule has 0 aliphatic heterocycles. The van der Waals surface area contributed by atoms with Crippen LogP contribution in [0.15, 0.2) is 22.7 Å². The van der Waals surface area contributed by atoms with Crippen molar-refractivity contribution < 1.29 is 4.92 Å². The summed E-state index contributed by atoms with van der Waals surface area (Å²) in [5, 5.41) is 10.5. The fraction of sp³-hybridized carbons (Fsp3) is 0.400. The number of aryl methyl sites for hydroxylation is 1. The van der Waals surface area contributed by atoms with E-state index in [1.54, 1.807) is 12.1 Å². The zero-order valence-electron chi connectivity index (χ0n) is 8.00. The van der Waals surface area contributed by atoms with Gasteiger partial charge in [-0.15, -0.1) is 0 Å². The molecule has 0 bridgehead atoms. The molecule has 76 valence electrons. The van der Waals surface area contributed by atoms with Crippen molar-refractivity contribution in [1.82, 2.24) is 0 Å². The third kappa shape index (κ3) is 2.80. The van der Waals surface area contributed by atoms with Crippen LogP contribution in [0.2, 0.25) is 0 Å². The molecule has 14 heavy (non-hydrogen) atoms. The van der Waals surface area contributed by atoms with Gasteiger partial charge >= 0.3 is 0 Å². The Morgan fingerprint density at radius 3 is 2.79 bits per heavy atom. The Bertz CT molecular complexity index is 339. The molecule has 0 fully saturated rings. The van der Waals surface area contributed by atoms with Gasteiger partial charge in [-0.3, -0.25) is 10.1 Å². The van der Waals surface area contributed by atoms with Gasteiger partial charge in [0.2, 0.25) is 0 Å². The first-order valence-corrected chi connectivity index (χ1v) is 5.37. The minimum Gasteiger partial charge on any atom is -0.258 e. The van der Waals surface area contributed by atoms with Gasteiger partial charge in [0.05, 0.1) is 4.92 Å². The van der Waals surface area contributed by atoms with E-state index in [9.17, 15) is 10.1 Å². The van der Waals surface area contributed by atoms with Crippen LogP contribution in [0.4, 0.5) is 5.69 Å². The van der Waals surface area contributed by atoms with E-state index in [2.05, 4.69) is 22.9 Å². The average molecular weight is 258 g/mol. The molecule has 0 aromatic heterocycles. The number of hydrogen-bond acceptors (Lipinski definition) is 2. The number of rotatable bonds is 4. The molecule has 1 rings (SSSR count). The predicted molar refractivity (Wildman–Crippen MR) is 59.4 cm³/mol. The van der Waals surface area contributed by atoms with Crippen molar-refractivity contribution in [1.29, 1.82) is 0 Å². The molecule has 0 spiro atoms. The lowest BCUT2D eigenvalue weighted by Crippen LogP contribution is -1.92. The quantitative estimate of drug-likeness (QED) is 0.610. The van der Waals surface area contributed by atoms with Crippen molar-refractivity contribution >= 4 is 21.6 Å². The second kappa shape index (κ2) is 5.10. The summed E-state index contributed by atoms with van der Waals surface area (Å²) in [6, 6.07) is 4.89. The van der Waals surface area contributed by atoms with E-state index < -0.39 is 0 Å². The Morgan fingerprint density at radius 2 is 2.21 bits per heavy atom. The molecule has 0 radical (unpaired) electrons. The molecule has 0 aliphatic rings. The SMILES string of the molecule is CCCCc1cc([N+](=O)[O-])ccc1Br. The lowest BCUT2D eigenvalue weighted by molar-refractivity contribution is -0.384. The van der Waals surface area contributed by atoms with Crippen molar-refractivity contribution in [2.24, 2.45) is 0 Å². The molecule has 4 heteroatoms. The van der Waals surface area contributed by atoms with Gasteiger partial charge in [-0.25, -0.2) is 0 Å². The van der Waals surface area contributed by atoms with Gasteiger partial charge in [0.15, 0.2) is 0 Å². The van der Waals surface area contributed by atoms with E-state index >= 15 is 0 Å². The molecule has 3 nitrogen and oxygen atoms in total. The van der Waals surface area contributed by atoms with Gasteiger partial charge in [-0.2, -0.15) is 0 Å². The second-order valence-corrected chi connectivity index (χ2v) is 3.99. The smallest absolute Gasteiger partial charge is 0.258 e. The molecule has 0 unspecified atom stereocenters. The number of unbranched alkanes of at least 4 members (excludes halogenated alkanes) is 1.